The minimum Gasteiger partial charge on any atom is -0.356 e. The second-order valence-electron chi connectivity index (χ2n) is 6.07. The van der Waals surface area contributed by atoms with Crippen LogP contribution in [0.1, 0.15) is 45.4 Å². The summed E-state index contributed by atoms with van der Waals surface area (Å²) in [5.74, 6) is 0.457. The molecule has 0 radical (unpaired) electrons. The van der Waals surface area contributed by atoms with Crippen LogP contribution in [0.5, 0.6) is 0 Å². The van der Waals surface area contributed by atoms with Gasteiger partial charge in [0.25, 0.3) is 0 Å². The van der Waals surface area contributed by atoms with Crippen molar-refractivity contribution in [2.24, 2.45) is 5.92 Å². The number of amides is 1. The number of piperidine rings is 1. The maximum absolute atomic E-state index is 11.8. The normalized spacial score (nSPS) is 25.8. The molecule has 0 aromatic heterocycles. The van der Waals surface area contributed by atoms with E-state index in [-0.39, 0.29) is 36.6 Å². The zero-order chi connectivity index (χ0) is 13.5. The summed E-state index contributed by atoms with van der Waals surface area (Å²) in [5.41, 5.74) is 0. The average molecular weight is 340 g/mol. The Kier molecular flexibility index (Phi) is 11.5. The molecule has 2 fully saturated rings. The lowest BCUT2D eigenvalue weighted by molar-refractivity contribution is -0.124. The summed E-state index contributed by atoms with van der Waals surface area (Å²) < 4.78 is 0. The summed E-state index contributed by atoms with van der Waals surface area (Å²) in [6, 6.07) is 0.757. The highest BCUT2D eigenvalue weighted by molar-refractivity contribution is 5.85. The van der Waals surface area contributed by atoms with Crippen LogP contribution in [0.2, 0.25) is 0 Å². The minimum atomic E-state index is 0. The van der Waals surface area contributed by atoms with Crippen molar-refractivity contribution >= 4 is 30.7 Å². The van der Waals surface area contributed by atoms with Gasteiger partial charge in [-0.05, 0) is 58.7 Å². The molecule has 2 rings (SSSR count). The largest absolute Gasteiger partial charge is 0.356 e. The molecule has 2 aliphatic heterocycles. The zero-order valence-electron chi connectivity index (χ0n) is 13.1. The number of halogens is 2. The number of unbranched alkanes of at least 4 members (excludes halogenated alkanes) is 1. The SMILES string of the molecule is CC1CCCCN1CCCCNC(=O)C1CCNC1.Cl.Cl. The molecule has 2 atom stereocenters. The number of hydrogen-bond donors (Lipinski definition) is 2. The standard InChI is InChI=1S/C15H29N3O.2ClH/c1-13-6-2-4-10-18(13)11-5-3-8-17-15(19)14-7-9-16-12-14;;/h13-14,16H,2-12H2,1H3,(H,17,19);2*1H. The van der Waals surface area contributed by atoms with Crippen molar-refractivity contribution < 1.29 is 4.79 Å². The predicted molar refractivity (Wildman–Crippen MR) is 92.6 cm³/mol. The van der Waals surface area contributed by atoms with Crippen LogP contribution in [-0.2, 0) is 4.79 Å². The summed E-state index contributed by atoms with van der Waals surface area (Å²) in [6.45, 7) is 7.50. The van der Waals surface area contributed by atoms with E-state index in [1.807, 2.05) is 0 Å². The van der Waals surface area contributed by atoms with E-state index in [1.165, 1.54) is 38.8 Å². The molecule has 0 spiro atoms. The number of likely N-dealkylation sites (tertiary alicyclic amines) is 1. The number of carbonyl (C=O) groups is 1. The first-order chi connectivity index (χ1) is 9.27. The number of carbonyl (C=O) groups excluding carboxylic acids is 1. The molecule has 0 aliphatic carbocycles. The molecule has 2 unspecified atom stereocenters. The minimum absolute atomic E-state index is 0. The van der Waals surface area contributed by atoms with Crippen molar-refractivity contribution in [2.45, 2.75) is 51.5 Å². The molecule has 2 heterocycles. The monoisotopic (exact) mass is 339 g/mol. The van der Waals surface area contributed by atoms with Gasteiger partial charge in [0.2, 0.25) is 5.91 Å². The Labute approximate surface area is 141 Å². The molecule has 2 saturated heterocycles. The molecule has 126 valence electrons. The van der Waals surface area contributed by atoms with Crippen LogP contribution >= 0.6 is 24.8 Å². The Morgan fingerprint density at radius 3 is 2.71 bits per heavy atom. The van der Waals surface area contributed by atoms with Crippen molar-refractivity contribution in [1.29, 1.82) is 0 Å². The molecule has 0 saturated carbocycles. The molecular formula is C15H31Cl2N3O. The van der Waals surface area contributed by atoms with Gasteiger partial charge in [0, 0.05) is 19.1 Å². The maximum atomic E-state index is 11.8. The summed E-state index contributed by atoms with van der Waals surface area (Å²) in [6.07, 6.45) is 7.41. The molecule has 1 amide bonds. The summed E-state index contributed by atoms with van der Waals surface area (Å²) in [5, 5.41) is 6.31. The van der Waals surface area contributed by atoms with Crippen molar-refractivity contribution in [3.8, 4) is 0 Å². The van der Waals surface area contributed by atoms with Crippen molar-refractivity contribution in [2.75, 3.05) is 32.7 Å². The van der Waals surface area contributed by atoms with Gasteiger partial charge in [0.05, 0.1) is 5.92 Å². The molecule has 0 aromatic rings. The topological polar surface area (TPSA) is 44.4 Å². The first kappa shape index (κ1) is 21.0. The van der Waals surface area contributed by atoms with E-state index in [2.05, 4.69) is 22.5 Å². The molecule has 0 aromatic carbocycles. The zero-order valence-corrected chi connectivity index (χ0v) is 14.7. The van der Waals surface area contributed by atoms with Crippen LogP contribution in [0.4, 0.5) is 0 Å². The molecule has 2 N–H and O–H groups in total. The van der Waals surface area contributed by atoms with Gasteiger partial charge >= 0.3 is 0 Å². The lowest BCUT2D eigenvalue weighted by Crippen LogP contribution is -2.38. The van der Waals surface area contributed by atoms with Crippen molar-refractivity contribution in [3.05, 3.63) is 0 Å². The Balaban J connectivity index is 0.00000200. The van der Waals surface area contributed by atoms with E-state index >= 15 is 0 Å². The lowest BCUT2D eigenvalue weighted by atomic mass is 10.0. The molecule has 0 bridgehead atoms. The summed E-state index contributed by atoms with van der Waals surface area (Å²) >= 11 is 0. The molecular weight excluding hydrogens is 309 g/mol. The number of nitrogens with zero attached hydrogens (tertiary/aromatic N) is 1. The van der Waals surface area contributed by atoms with E-state index in [0.29, 0.717) is 0 Å². The van der Waals surface area contributed by atoms with Gasteiger partial charge in [-0.25, -0.2) is 0 Å². The van der Waals surface area contributed by atoms with Crippen molar-refractivity contribution in [3.63, 3.8) is 0 Å². The average Bonchev–Trinajstić information content (AvgIpc) is 2.94. The number of nitrogens with one attached hydrogen (secondary N) is 2. The van der Waals surface area contributed by atoms with Gasteiger partial charge in [-0.3, -0.25) is 4.79 Å². The van der Waals surface area contributed by atoms with Crippen LogP contribution in [0.3, 0.4) is 0 Å². The summed E-state index contributed by atoms with van der Waals surface area (Å²) in [7, 11) is 0. The Hall–Kier alpha value is -0.0300. The van der Waals surface area contributed by atoms with E-state index < -0.39 is 0 Å². The van der Waals surface area contributed by atoms with Crippen LogP contribution in [0.25, 0.3) is 0 Å². The predicted octanol–water partition coefficient (Wildman–Crippen LogP) is 2.21. The van der Waals surface area contributed by atoms with Gasteiger partial charge in [-0.15, -0.1) is 24.8 Å². The lowest BCUT2D eigenvalue weighted by Gasteiger charge is -2.33. The van der Waals surface area contributed by atoms with Crippen LogP contribution in [-0.4, -0.2) is 49.6 Å². The molecule has 21 heavy (non-hydrogen) atoms. The number of rotatable bonds is 6. The highest BCUT2D eigenvalue weighted by Gasteiger charge is 2.21. The van der Waals surface area contributed by atoms with Gasteiger partial charge < -0.3 is 15.5 Å². The third-order valence-corrected chi connectivity index (χ3v) is 4.54. The molecule has 4 nitrogen and oxygen atoms in total. The third-order valence-electron chi connectivity index (χ3n) is 4.54. The Morgan fingerprint density at radius 2 is 2.05 bits per heavy atom. The van der Waals surface area contributed by atoms with E-state index in [4.69, 9.17) is 0 Å². The summed E-state index contributed by atoms with van der Waals surface area (Å²) in [4.78, 5) is 14.4. The van der Waals surface area contributed by atoms with Gasteiger partial charge in [0.1, 0.15) is 0 Å². The second kappa shape index (κ2) is 11.5. The van der Waals surface area contributed by atoms with Crippen LogP contribution in [0.15, 0.2) is 0 Å². The maximum Gasteiger partial charge on any atom is 0.224 e. The van der Waals surface area contributed by atoms with E-state index in [1.54, 1.807) is 0 Å². The van der Waals surface area contributed by atoms with Crippen LogP contribution in [0, 0.1) is 5.92 Å². The number of hydrogen-bond acceptors (Lipinski definition) is 3. The van der Waals surface area contributed by atoms with E-state index in [0.717, 1.165) is 38.5 Å². The highest BCUT2D eigenvalue weighted by atomic mass is 35.5. The Morgan fingerprint density at radius 1 is 1.24 bits per heavy atom. The van der Waals surface area contributed by atoms with Crippen molar-refractivity contribution in [1.82, 2.24) is 15.5 Å². The smallest absolute Gasteiger partial charge is 0.224 e. The van der Waals surface area contributed by atoms with Crippen LogP contribution < -0.4 is 10.6 Å². The first-order valence-corrected chi connectivity index (χ1v) is 8.00. The fraction of sp³-hybridized carbons (Fsp3) is 0.933. The Bertz CT molecular complexity index is 286. The van der Waals surface area contributed by atoms with Gasteiger partial charge in [-0.1, -0.05) is 6.42 Å². The first-order valence-electron chi connectivity index (χ1n) is 8.00. The van der Waals surface area contributed by atoms with Gasteiger partial charge in [-0.2, -0.15) is 0 Å². The highest BCUT2D eigenvalue weighted by Crippen LogP contribution is 2.16. The third kappa shape index (κ3) is 7.18. The second-order valence-corrected chi connectivity index (χ2v) is 6.07. The fourth-order valence-corrected chi connectivity index (χ4v) is 3.16. The fourth-order valence-electron chi connectivity index (χ4n) is 3.16. The molecule has 6 heteroatoms. The van der Waals surface area contributed by atoms with E-state index in [9.17, 15) is 4.79 Å². The quantitative estimate of drug-likeness (QED) is 0.729. The molecule has 2 aliphatic rings. The van der Waals surface area contributed by atoms with Gasteiger partial charge in [0.15, 0.2) is 0 Å².